The van der Waals surface area contributed by atoms with E-state index >= 15 is 0 Å². The van der Waals surface area contributed by atoms with Gasteiger partial charge >= 0.3 is 5.69 Å². The van der Waals surface area contributed by atoms with E-state index in [1.54, 1.807) is 0 Å². The lowest BCUT2D eigenvalue weighted by Crippen LogP contribution is -1.91. The molecule has 6 heteroatoms. The van der Waals surface area contributed by atoms with Crippen LogP contribution < -0.4 is 4.74 Å². The number of aromatic hydroxyl groups is 2. The summed E-state index contributed by atoms with van der Waals surface area (Å²) < 4.78 is 4.60. The topological polar surface area (TPSA) is 92.8 Å². The molecule has 0 aromatic heterocycles. The van der Waals surface area contributed by atoms with Crippen molar-refractivity contribution in [3.63, 3.8) is 0 Å². The summed E-state index contributed by atoms with van der Waals surface area (Å²) in [6.07, 6.45) is 0. The summed E-state index contributed by atoms with van der Waals surface area (Å²) in [5.41, 5.74) is -0.586. The summed E-state index contributed by atoms with van der Waals surface area (Å²) in [5, 5.41) is 28.5. The van der Waals surface area contributed by atoms with E-state index in [9.17, 15) is 15.2 Å². The predicted octanol–water partition coefficient (Wildman–Crippen LogP) is 1.01. The van der Waals surface area contributed by atoms with Crippen molar-refractivity contribution in [1.29, 1.82) is 0 Å². The van der Waals surface area contributed by atoms with E-state index in [0.29, 0.717) is 0 Å². The molecular formula is C7H7NO5. The van der Waals surface area contributed by atoms with Crippen molar-refractivity contribution in [3.05, 3.63) is 22.2 Å². The first-order chi connectivity index (χ1) is 6.06. The van der Waals surface area contributed by atoms with Crippen LogP contribution in [0, 0.1) is 10.1 Å². The molecule has 0 saturated carbocycles. The second-order valence-corrected chi connectivity index (χ2v) is 2.27. The summed E-state index contributed by atoms with van der Waals surface area (Å²) in [6, 6.07) is 1.93. The zero-order chi connectivity index (χ0) is 10.0. The fraction of sp³-hybridized carbons (Fsp3) is 0.143. The molecule has 2 N–H and O–H groups in total. The summed E-state index contributed by atoms with van der Waals surface area (Å²) in [4.78, 5) is 9.51. The van der Waals surface area contributed by atoms with Gasteiger partial charge in [0.2, 0.25) is 5.75 Å². The predicted molar refractivity (Wildman–Crippen MR) is 43.0 cm³/mol. The van der Waals surface area contributed by atoms with Crippen LogP contribution in [-0.2, 0) is 0 Å². The van der Waals surface area contributed by atoms with Gasteiger partial charge in [0, 0.05) is 6.07 Å². The summed E-state index contributed by atoms with van der Waals surface area (Å²) in [6.45, 7) is 0. The van der Waals surface area contributed by atoms with E-state index in [1.165, 1.54) is 7.11 Å². The molecule has 0 aliphatic rings. The molecule has 1 aromatic rings. The largest absolute Gasteiger partial charge is 0.508 e. The van der Waals surface area contributed by atoms with Gasteiger partial charge in [0.25, 0.3) is 0 Å². The Morgan fingerprint density at radius 3 is 2.54 bits per heavy atom. The van der Waals surface area contributed by atoms with Crippen LogP contribution in [0.3, 0.4) is 0 Å². The second kappa shape index (κ2) is 3.18. The van der Waals surface area contributed by atoms with Crippen LogP contribution in [0.1, 0.15) is 0 Å². The van der Waals surface area contributed by atoms with E-state index < -0.39 is 16.4 Å². The molecule has 0 unspecified atom stereocenters. The monoisotopic (exact) mass is 185 g/mol. The summed E-state index contributed by atoms with van der Waals surface area (Å²) >= 11 is 0. The molecule has 13 heavy (non-hydrogen) atoms. The lowest BCUT2D eigenvalue weighted by Gasteiger charge is -2.03. The zero-order valence-electron chi connectivity index (χ0n) is 6.72. The number of ether oxygens (including phenoxy) is 1. The first-order valence-electron chi connectivity index (χ1n) is 3.30. The molecule has 0 aliphatic heterocycles. The third-order valence-corrected chi connectivity index (χ3v) is 1.46. The Morgan fingerprint density at radius 1 is 1.46 bits per heavy atom. The minimum Gasteiger partial charge on any atom is -0.508 e. The molecular weight excluding hydrogens is 178 g/mol. The highest BCUT2D eigenvalue weighted by Gasteiger charge is 2.19. The fourth-order valence-corrected chi connectivity index (χ4v) is 0.874. The van der Waals surface area contributed by atoms with Crippen molar-refractivity contribution in [1.82, 2.24) is 0 Å². The van der Waals surface area contributed by atoms with Gasteiger partial charge < -0.3 is 14.9 Å². The summed E-state index contributed by atoms with van der Waals surface area (Å²) in [5.74, 6) is -1.06. The van der Waals surface area contributed by atoms with Crippen LogP contribution in [0.15, 0.2) is 12.1 Å². The average molecular weight is 185 g/mol. The number of benzene rings is 1. The molecule has 0 radical (unpaired) electrons. The van der Waals surface area contributed by atoms with E-state index in [0.717, 1.165) is 12.1 Å². The van der Waals surface area contributed by atoms with E-state index in [-0.39, 0.29) is 11.5 Å². The van der Waals surface area contributed by atoms with Crippen molar-refractivity contribution in [2.75, 3.05) is 7.11 Å². The number of nitro benzene ring substituents is 1. The smallest absolute Gasteiger partial charge is 0.318 e. The molecule has 0 atom stereocenters. The molecule has 0 bridgehead atoms. The molecule has 0 spiro atoms. The number of hydrogen-bond donors (Lipinski definition) is 2. The standard InChI is InChI=1S/C7H7NO5/c1-13-6-3-4(9)2-5(7(6)10)8(11)12/h2-3,9-10H,1H3. The van der Waals surface area contributed by atoms with Gasteiger partial charge in [-0.05, 0) is 0 Å². The van der Waals surface area contributed by atoms with Crippen molar-refractivity contribution in [3.8, 4) is 17.2 Å². The molecule has 0 fully saturated rings. The second-order valence-electron chi connectivity index (χ2n) is 2.27. The summed E-state index contributed by atoms with van der Waals surface area (Å²) in [7, 11) is 1.23. The van der Waals surface area contributed by atoms with Crippen LogP contribution in [0.5, 0.6) is 17.2 Å². The highest BCUT2D eigenvalue weighted by atomic mass is 16.6. The lowest BCUT2D eigenvalue weighted by atomic mass is 10.2. The Labute approximate surface area is 73.2 Å². The van der Waals surface area contributed by atoms with Crippen molar-refractivity contribution < 1.29 is 19.9 Å². The van der Waals surface area contributed by atoms with Crippen molar-refractivity contribution >= 4 is 5.69 Å². The van der Waals surface area contributed by atoms with E-state index in [2.05, 4.69) is 4.74 Å². The Bertz CT molecular complexity index is 349. The minimum atomic E-state index is -0.808. The average Bonchev–Trinajstić information content (AvgIpc) is 2.08. The van der Waals surface area contributed by atoms with Gasteiger partial charge in [0.1, 0.15) is 5.75 Å². The van der Waals surface area contributed by atoms with Crippen LogP contribution in [0.25, 0.3) is 0 Å². The quantitative estimate of drug-likeness (QED) is 0.407. The maximum absolute atomic E-state index is 10.3. The normalized spacial score (nSPS) is 9.62. The maximum Gasteiger partial charge on any atom is 0.318 e. The number of hydrogen-bond acceptors (Lipinski definition) is 5. The molecule has 0 heterocycles. The number of nitrogens with zero attached hydrogens (tertiary/aromatic N) is 1. The van der Waals surface area contributed by atoms with Gasteiger partial charge in [-0.1, -0.05) is 0 Å². The number of phenolic OH excluding ortho intramolecular Hbond substituents is 2. The highest BCUT2D eigenvalue weighted by Crippen LogP contribution is 2.38. The third-order valence-electron chi connectivity index (χ3n) is 1.46. The van der Waals surface area contributed by atoms with Crippen LogP contribution in [0.4, 0.5) is 5.69 Å². The molecule has 70 valence electrons. The molecule has 0 saturated heterocycles. The number of phenols is 2. The number of methoxy groups -OCH3 is 1. The first kappa shape index (κ1) is 9.11. The van der Waals surface area contributed by atoms with Gasteiger partial charge in [-0.3, -0.25) is 10.1 Å². The SMILES string of the molecule is COc1cc(O)cc([N+](=O)[O-])c1O. The van der Waals surface area contributed by atoms with Gasteiger partial charge in [0.15, 0.2) is 5.75 Å². The zero-order valence-corrected chi connectivity index (χ0v) is 6.72. The third kappa shape index (κ3) is 1.61. The molecule has 0 amide bonds. The van der Waals surface area contributed by atoms with E-state index in [1.807, 2.05) is 0 Å². The Morgan fingerprint density at radius 2 is 2.08 bits per heavy atom. The van der Waals surface area contributed by atoms with Gasteiger partial charge in [0.05, 0.1) is 18.1 Å². The highest BCUT2D eigenvalue weighted by molar-refractivity contribution is 5.58. The van der Waals surface area contributed by atoms with Crippen molar-refractivity contribution in [2.45, 2.75) is 0 Å². The van der Waals surface area contributed by atoms with Gasteiger partial charge in [-0.25, -0.2) is 0 Å². The maximum atomic E-state index is 10.3. The first-order valence-corrected chi connectivity index (χ1v) is 3.30. The van der Waals surface area contributed by atoms with Gasteiger partial charge in [-0.2, -0.15) is 0 Å². The molecule has 1 aromatic carbocycles. The number of rotatable bonds is 2. The lowest BCUT2D eigenvalue weighted by molar-refractivity contribution is -0.386. The molecule has 6 nitrogen and oxygen atoms in total. The minimum absolute atomic E-state index is 0.133. The van der Waals surface area contributed by atoms with Crippen LogP contribution >= 0.6 is 0 Å². The molecule has 0 aliphatic carbocycles. The Balaban J connectivity index is 3.35. The van der Waals surface area contributed by atoms with Crippen LogP contribution in [-0.4, -0.2) is 22.2 Å². The fourth-order valence-electron chi connectivity index (χ4n) is 0.874. The van der Waals surface area contributed by atoms with Gasteiger partial charge in [-0.15, -0.1) is 0 Å². The Hall–Kier alpha value is -1.98. The van der Waals surface area contributed by atoms with Crippen molar-refractivity contribution in [2.24, 2.45) is 0 Å². The number of nitro groups is 1. The van der Waals surface area contributed by atoms with E-state index in [4.69, 9.17) is 5.11 Å². The Kier molecular flexibility index (Phi) is 2.23. The molecule has 1 rings (SSSR count). The van der Waals surface area contributed by atoms with Crippen LogP contribution in [0.2, 0.25) is 0 Å².